The third-order valence-electron chi connectivity index (χ3n) is 4.35. The van der Waals surface area contributed by atoms with Crippen LogP contribution in [0, 0.1) is 18.3 Å². The van der Waals surface area contributed by atoms with Crippen LogP contribution in [0.4, 0.5) is 0 Å². The van der Waals surface area contributed by atoms with E-state index in [1.54, 1.807) is 0 Å². The molecule has 2 aliphatic carbocycles. The van der Waals surface area contributed by atoms with E-state index in [1.165, 1.54) is 22.8 Å². The molecule has 0 aromatic heterocycles. The summed E-state index contributed by atoms with van der Waals surface area (Å²) >= 11 is 0. The van der Waals surface area contributed by atoms with Gasteiger partial charge in [0.05, 0.1) is 0 Å². The van der Waals surface area contributed by atoms with Crippen molar-refractivity contribution in [2.75, 3.05) is 0 Å². The van der Waals surface area contributed by atoms with E-state index in [1.807, 2.05) is 0 Å². The number of allylic oxidation sites excluding steroid dienone is 4. The molecule has 92 valence electrons. The first-order valence-corrected chi connectivity index (χ1v) is 7.00. The first-order valence-electron chi connectivity index (χ1n) is 7.00. The predicted octanol–water partition coefficient (Wildman–Crippen LogP) is 4.77. The molecule has 0 spiro atoms. The number of benzene rings is 2. The molecule has 3 unspecified atom stereocenters. The lowest BCUT2D eigenvalue weighted by Gasteiger charge is -2.13. The summed E-state index contributed by atoms with van der Waals surface area (Å²) in [5, 5.41) is 2.72. The molecule has 0 heteroatoms. The number of hydrogen-bond acceptors (Lipinski definition) is 0. The zero-order valence-electron chi connectivity index (χ0n) is 10.8. The molecule has 4 rings (SSSR count). The Morgan fingerprint density at radius 3 is 2.68 bits per heavy atom. The summed E-state index contributed by atoms with van der Waals surface area (Å²) in [7, 11) is 0. The predicted molar refractivity (Wildman–Crippen MR) is 79.8 cm³/mol. The average molecular weight is 244 g/mol. The van der Waals surface area contributed by atoms with Crippen LogP contribution in [0.3, 0.4) is 0 Å². The van der Waals surface area contributed by atoms with Crippen LogP contribution < -0.4 is 0 Å². The SMILES string of the molecule is [C]1C(c2cccc3ccccc23)CC2C=CC=CC12. The van der Waals surface area contributed by atoms with Crippen LogP contribution >= 0.6 is 0 Å². The Morgan fingerprint density at radius 1 is 0.895 bits per heavy atom. The van der Waals surface area contributed by atoms with Gasteiger partial charge in [0, 0.05) is 0 Å². The van der Waals surface area contributed by atoms with E-state index in [4.69, 9.17) is 0 Å². The minimum atomic E-state index is 0.466. The van der Waals surface area contributed by atoms with E-state index >= 15 is 0 Å². The Balaban J connectivity index is 1.76. The van der Waals surface area contributed by atoms with Crippen LogP contribution in [0.15, 0.2) is 66.8 Å². The van der Waals surface area contributed by atoms with Gasteiger partial charge in [0.25, 0.3) is 0 Å². The Bertz CT molecular complexity index is 637. The fourth-order valence-electron chi connectivity index (χ4n) is 3.40. The summed E-state index contributed by atoms with van der Waals surface area (Å²) in [5.74, 6) is 1.62. The molecule has 0 nitrogen and oxygen atoms in total. The third-order valence-corrected chi connectivity index (χ3v) is 4.35. The Hall–Kier alpha value is -1.82. The van der Waals surface area contributed by atoms with Crippen molar-refractivity contribution >= 4 is 10.8 Å². The highest BCUT2D eigenvalue weighted by Crippen LogP contribution is 2.45. The van der Waals surface area contributed by atoms with E-state index in [-0.39, 0.29) is 0 Å². The van der Waals surface area contributed by atoms with Crippen LogP contribution in [0.1, 0.15) is 17.9 Å². The molecule has 0 bridgehead atoms. The fourth-order valence-corrected chi connectivity index (χ4v) is 3.40. The van der Waals surface area contributed by atoms with Gasteiger partial charge in [-0.15, -0.1) is 0 Å². The lowest BCUT2D eigenvalue weighted by Crippen LogP contribution is -2.03. The van der Waals surface area contributed by atoms with Crippen molar-refractivity contribution in [1.29, 1.82) is 0 Å². The van der Waals surface area contributed by atoms with Crippen LogP contribution in [0.5, 0.6) is 0 Å². The second-order valence-electron chi connectivity index (χ2n) is 5.48. The summed E-state index contributed by atoms with van der Waals surface area (Å²) < 4.78 is 0. The molecule has 2 radical (unpaired) electrons. The quantitative estimate of drug-likeness (QED) is 0.678. The maximum absolute atomic E-state index is 3.76. The molecular weight excluding hydrogens is 228 g/mol. The average Bonchev–Trinajstić information content (AvgIpc) is 2.90. The minimum absolute atomic E-state index is 0.466. The third kappa shape index (κ3) is 1.83. The summed E-state index contributed by atoms with van der Waals surface area (Å²) in [6.45, 7) is 0. The minimum Gasteiger partial charge on any atom is -0.0808 e. The molecule has 0 N–H and O–H groups in total. The first kappa shape index (κ1) is 11.0. The standard InChI is InChI=1S/C19H16/c1-2-8-16-13-17(12-15(16)7-1)19-11-5-9-14-6-3-4-10-18(14)19/h1-11,15-17H,12H2. The molecule has 19 heavy (non-hydrogen) atoms. The van der Waals surface area contributed by atoms with Crippen molar-refractivity contribution in [2.45, 2.75) is 12.3 Å². The Morgan fingerprint density at radius 2 is 1.74 bits per heavy atom. The van der Waals surface area contributed by atoms with Crippen LogP contribution in [0.2, 0.25) is 0 Å². The molecule has 0 aliphatic heterocycles. The van der Waals surface area contributed by atoms with Crippen LogP contribution in [-0.2, 0) is 0 Å². The maximum atomic E-state index is 3.76. The molecule has 0 heterocycles. The molecule has 1 fully saturated rings. The summed E-state index contributed by atoms with van der Waals surface area (Å²) in [4.78, 5) is 0. The lowest BCUT2D eigenvalue weighted by molar-refractivity contribution is 0.580. The van der Waals surface area contributed by atoms with Crippen molar-refractivity contribution in [3.05, 3.63) is 78.8 Å². The monoisotopic (exact) mass is 244 g/mol. The molecule has 1 saturated carbocycles. The van der Waals surface area contributed by atoms with Gasteiger partial charge < -0.3 is 0 Å². The Kier molecular flexibility index (Phi) is 2.55. The van der Waals surface area contributed by atoms with Crippen molar-refractivity contribution in [1.82, 2.24) is 0 Å². The highest BCUT2D eigenvalue weighted by atomic mass is 14.4. The number of hydrogen-bond donors (Lipinski definition) is 0. The topological polar surface area (TPSA) is 0 Å². The van der Waals surface area contributed by atoms with Crippen molar-refractivity contribution < 1.29 is 0 Å². The zero-order chi connectivity index (χ0) is 12.7. The van der Waals surface area contributed by atoms with Crippen LogP contribution in [0.25, 0.3) is 10.8 Å². The largest absolute Gasteiger partial charge is 0.0808 e. The lowest BCUT2D eigenvalue weighted by atomic mass is 9.91. The van der Waals surface area contributed by atoms with Gasteiger partial charge in [-0.25, -0.2) is 0 Å². The number of fused-ring (bicyclic) bond motifs is 2. The molecule has 0 amide bonds. The van der Waals surface area contributed by atoms with Gasteiger partial charge >= 0.3 is 0 Å². The highest BCUT2D eigenvalue weighted by molar-refractivity contribution is 5.86. The molecule has 3 atom stereocenters. The van der Waals surface area contributed by atoms with E-state index in [0.717, 1.165) is 0 Å². The van der Waals surface area contributed by atoms with Gasteiger partial charge in [-0.05, 0) is 46.9 Å². The molecule has 2 aromatic carbocycles. The number of rotatable bonds is 1. The zero-order valence-corrected chi connectivity index (χ0v) is 10.8. The van der Waals surface area contributed by atoms with Gasteiger partial charge in [0.2, 0.25) is 0 Å². The summed E-state index contributed by atoms with van der Waals surface area (Å²) in [6.07, 6.45) is 13.9. The molecule has 0 saturated heterocycles. The Labute approximate surface area is 114 Å². The van der Waals surface area contributed by atoms with Crippen molar-refractivity contribution in [2.24, 2.45) is 11.8 Å². The first-order chi connectivity index (χ1) is 9.42. The van der Waals surface area contributed by atoms with Crippen molar-refractivity contribution in [3.63, 3.8) is 0 Å². The van der Waals surface area contributed by atoms with Gasteiger partial charge in [-0.3, -0.25) is 0 Å². The summed E-state index contributed by atoms with van der Waals surface area (Å²) in [6, 6.07) is 15.3. The molecular formula is C19H16. The van der Waals surface area contributed by atoms with Gasteiger partial charge in [0.15, 0.2) is 0 Å². The highest BCUT2D eigenvalue weighted by Gasteiger charge is 2.33. The van der Waals surface area contributed by atoms with E-state index < -0.39 is 0 Å². The van der Waals surface area contributed by atoms with E-state index in [2.05, 4.69) is 73.2 Å². The van der Waals surface area contributed by atoms with Gasteiger partial charge in [-0.2, -0.15) is 0 Å². The maximum Gasteiger partial charge on any atom is -0.00115 e. The fraction of sp³-hybridized carbons (Fsp3) is 0.211. The van der Waals surface area contributed by atoms with Gasteiger partial charge in [-0.1, -0.05) is 66.8 Å². The van der Waals surface area contributed by atoms with Gasteiger partial charge in [0.1, 0.15) is 0 Å². The smallest absolute Gasteiger partial charge is 0.00115 e. The van der Waals surface area contributed by atoms with E-state index in [9.17, 15) is 0 Å². The van der Waals surface area contributed by atoms with Crippen LogP contribution in [-0.4, -0.2) is 0 Å². The van der Waals surface area contributed by atoms with E-state index in [0.29, 0.717) is 17.8 Å². The molecule has 2 aliphatic rings. The molecule has 2 aromatic rings. The van der Waals surface area contributed by atoms with Crippen molar-refractivity contribution in [3.8, 4) is 0 Å². The second kappa shape index (κ2) is 4.38. The second-order valence-corrected chi connectivity index (χ2v) is 5.48. The summed E-state index contributed by atoms with van der Waals surface area (Å²) in [5.41, 5.74) is 1.44. The normalized spacial score (nSPS) is 28.7.